The lowest BCUT2D eigenvalue weighted by Crippen LogP contribution is -2.29. The number of hydrogen-bond acceptors (Lipinski definition) is 7. The van der Waals surface area contributed by atoms with Crippen molar-refractivity contribution in [1.29, 1.82) is 0 Å². The van der Waals surface area contributed by atoms with Crippen molar-refractivity contribution >= 4 is 7.82 Å². The van der Waals surface area contributed by atoms with Gasteiger partial charge in [0, 0.05) is 26.4 Å². The second-order valence-corrected chi connectivity index (χ2v) is 14.7. The molecule has 0 aromatic rings. The summed E-state index contributed by atoms with van der Waals surface area (Å²) < 4.78 is 48.2. The van der Waals surface area contributed by atoms with E-state index in [9.17, 15) is 9.46 Å². The predicted molar refractivity (Wildman–Crippen MR) is 196 cm³/mol. The summed E-state index contributed by atoms with van der Waals surface area (Å²) in [6.07, 6.45) is 26.9. The van der Waals surface area contributed by atoms with Gasteiger partial charge in [-0.05, 0) is 25.7 Å². The van der Waals surface area contributed by atoms with E-state index in [1.165, 1.54) is 103 Å². The fourth-order valence-corrected chi connectivity index (χ4v) is 6.46. The Bertz CT molecular complexity index is 563. The van der Waals surface area contributed by atoms with Gasteiger partial charge in [0.15, 0.2) is 0 Å². The fourth-order valence-electron chi connectivity index (χ4n) is 5.42. The highest BCUT2D eigenvalue weighted by molar-refractivity contribution is 7.47. The number of phosphoric ester groups is 1. The summed E-state index contributed by atoms with van der Waals surface area (Å²) in [4.78, 5) is 10.8. The Morgan fingerprint density at radius 1 is 0.383 bits per heavy atom. The third-order valence-electron chi connectivity index (χ3n) is 8.35. The van der Waals surface area contributed by atoms with Crippen LogP contribution in [0.25, 0.3) is 0 Å². The van der Waals surface area contributed by atoms with Crippen LogP contribution in [-0.2, 0) is 32.6 Å². The summed E-state index contributed by atoms with van der Waals surface area (Å²) in [6, 6.07) is 0. The molecule has 0 unspecified atom stereocenters. The van der Waals surface area contributed by atoms with Gasteiger partial charge in [-0.1, -0.05) is 156 Å². The maximum atomic E-state index is 13.3. The molecule has 0 radical (unpaired) electrons. The van der Waals surface area contributed by atoms with E-state index >= 15 is 0 Å². The second-order valence-electron chi connectivity index (χ2n) is 13.3. The highest BCUT2D eigenvalue weighted by atomic mass is 31.2. The van der Waals surface area contributed by atoms with Crippen molar-refractivity contribution in [3.8, 4) is 0 Å². The van der Waals surface area contributed by atoms with Crippen molar-refractivity contribution in [2.45, 2.75) is 194 Å². The van der Waals surface area contributed by atoms with E-state index in [0.717, 1.165) is 51.4 Å². The molecule has 0 bridgehead atoms. The molecule has 0 rings (SSSR count). The lowest BCUT2D eigenvalue weighted by Gasteiger charge is -2.25. The molecule has 0 atom stereocenters. The van der Waals surface area contributed by atoms with E-state index in [4.69, 9.17) is 28.0 Å². The van der Waals surface area contributed by atoms with Crippen LogP contribution in [0.2, 0.25) is 0 Å². The van der Waals surface area contributed by atoms with Crippen LogP contribution >= 0.6 is 7.82 Å². The Balaban J connectivity index is 4.91. The number of rotatable bonds is 40. The summed E-state index contributed by atoms with van der Waals surface area (Å²) in [5.41, 5.74) is 0. The molecule has 0 aliphatic carbocycles. The molecule has 0 aliphatic heterocycles. The zero-order chi connectivity index (χ0) is 34.5. The van der Waals surface area contributed by atoms with Crippen LogP contribution in [-0.4, -0.2) is 70.0 Å². The first-order valence-electron chi connectivity index (χ1n) is 20.0. The van der Waals surface area contributed by atoms with Gasteiger partial charge in [0.05, 0.1) is 26.4 Å². The molecule has 0 aliphatic rings. The lowest BCUT2D eigenvalue weighted by atomic mass is 10.1. The summed E-state index contributed by atoms with van der Waals surface area (Å²) in [6.45, 7) is 12.0. The molecule has 0 fully saturated rings. The maximum absolute atomic E-state index is 13.3. The Morgan fingerprint density at radius 3 is 0.830 bits per heavy atom. The third-order valence-corrected chi connectivity index (χ3v) is 9.48. The molecule has 47 heavy (non-hydrogen) atoms. The molecular formula is C38H79O8P. The molecule has 0 saturated carbocycles. The molecule has 0 aromatic carbocycles. The normalized spacial score (nSPS) is 12.2. The highest BCUT2D eigenvalue weighted by Gasteiger charge is 2.31. The monoisotopic (exact) mass is 695 g/mol. The lowest BCUT2D eigenvalue weighted by molar-refractivity contribution is -0.0498. The van der Waals surface area contributed by atoms with Gasteiger partial charge in [0.1, 0.15) is 12.2 Å². The first kappa shape index (κ1) is 47.0. The first-order chi connectivity index (χ1) is 23.0. The molecule has 8 nitrogen and oxygen atoms in total. The first-order valence-corrected chi connectivity index (χ1v) is 21.5. The summed E-state index contributed by atoms with van der Waals surface area (Å²) in [5.74, 6) is 0. The van der Waals surface area contributed by atoms with Crippen molar-refractivity contribution in [3.63, 3.8) is 0 Å². The van der Waals surface area contributed by atoms with Crippen molar-refractivity contribution in [3.05, 3.63) is 0 Å². The topological polar surface area (TPSA) is 92.7 Å². The van der Waals surface area contributed by atoms with Crippen LogP contribution < -0.4 is 0 Å². The van der Waals surface area contributed by atoms with Gasteiger partial charge in [-0.2, -0.15) is 0 Å². The minimum Gasteiger partial charge on any atom is -0.379 e. The molecule has 284 valence electrons. The Morgan fingerprint density at radius 2 is 0.596 bits per heavy atom. The number of ether oxygens (including phenoxy) is 4. The smallest absolute Gasteiger partial charge is 0.379 e. The average Bonchev–Trinajstić information content (AvgIpc) is 3.05. The molecule has 0 heterocycles. The van der Waals surface area contributed by atoms with Crippen molar-refractivity contribution in [1.82, 2.24) is 0 Å². The summed E-state index contributed by atoms with van der Waals surface area (Å²) in [7, 11) is -4.42. The van der Waals surface area contributed by atoms with Gasteiger partial charge in [0.2, 0.25) is 0 Å². The second kappa shape index (κ2) is 37.2. The maximum Gasteiger partial charge on any atom is 0.473 e. The van der Waals surface area contributed by atoms with E-state index in [1.807, 2.05) is 0 Å². The largest absolute Gasteiger partial charge is 0.473 e. The van der Waals surface area contributed by atoms with E-state index in [1.54, 1.807) is 0 Å². The molecule has 1 N–H and O–H groups in total. The van der Waals surface area contributed by atoms with Crippen LogP contribution in [0.15, 0.2) is 0 Å². The zero-order valence-electron chi connectivity index (χ0n) is 31.5. The predicted octanol–water partition coefficient (Wildman–Crippen LogP) is 11.4. The quantitative estimate of drug-likeness (QED) is 0.0500. The Kier molecular flexibility index (Phi) is 37.2. The number of unbranched alkanes of at least 4 members (excludes halogenated alkanes) is 20. The van der Waals surface area contributed by atoms with Crippen molar-refractivity contribution < 1.29 is 37.5 Å². The van der Waals surface area contributed by atoms with E-state index in [-0.39, 0.29) is 26.4 Å². The summed E-state index contributed by atoms with van der Waals surface area (Å²) >= 11 is 0. The van der Waals surface area contributed by atoms with E-state index in [2.05, 4.69) is 27.7 Å². The van der Waals surface area contributed by atoms with E-state index in [0.29, 0.717) is 26.4 Å². The summed E-state index contributed by atoms with van der Waals surface area (Å²) in [5, 5.41) is 0. The fraction of sp³-hybridized carbons (Fsp3) is 1.00. The molecule has 0 saturated heterocycles. The Labute approximate surface area is 291 Å². The van der Waals surface area contributed by atoms with Gasteiger partial charge < -0.3 is 23.8 Å². The Hall–Kier alpha value is -0.0500. The van der Waals surface area contributed by atoms with Crippen LogP contribution in [0.3, 0.4) is 0 Å². The minimum atomic E-state index is -4.42. The SMILES string of the molecule is CCCCCCCCOCC(COCCCCCCCC)OP(=O)(O)OC(COCCCCCCCC)COCCCCCCCC. The number of phosphoric acid groups is 1. The van der Waals surface area contributed by atoms with Gasteiger partial charge in [-0.3, -0.25) is 9.05 Å². The van der Waals surface area contributed by atoms with Gasteiger partial charge in [-0.25, -0.2) is 4.57 Å². The molecule has 0 amide bonds. The van der Waals surface area contributed by atoms with E-state index < -0.39 is 20.0 Å². The third kappa shape index (κ3) is 35.6. The van der Waals surface area contributed by atoms with Gasteiger partial charge in [-0.15, -0.1) is 0 Å². The van der Waals surface area contributed by atoms with Crippen LogP contribution in [0, 0.1) is 0 Å². The van der Waals surface area contributed by atoms with Crippen molar-refractivity contribution in [2.75, 3.05) is 52.9 Å². The average molecular weight is 695 g/mol. The van der Waals surface area contributed by atoms with Crippen LogP contribution in [0.1, 0.15) is 182 Å². The zero-order valence-corrected chi connectivity index (χ0v) is 32.4. The minimum absolute atomic E-state index is 0.188. The standard InChI is InChI=1S/C38H79O8P/c1-5-9-13-17-21-25-29-41-33-37(34-42-30-26-22-18-14-10-6-2)45-47(39,40)46-38(35-43-31-27-23-19-15-11-7-3)36-44-32-28-24-20-16-12-8-4/h37-38H,5-36H2,1-4H3,(H,39,40). The molecular weight excluding hydrogens is 615 g/mol. The number of hydrogen-bond donors (Lipinski definition) is 1. The van der Waals surface area contributed by atoms with Crippen LogP contribution in [0.4, 0.5) is 0 Å². The van der Waals surface area contributed by atoms with Crippen molar-refractivity contribution in [2.24, 2.45) is 0 Å². The van der Waals surface area contributed by atoms with Gasteiger partial charge in [0.25, 0.3) is 0 Å². The molecule has 0 spiro atoms. The van der Waals surface area contributed by atoms with Gasteiger partial charge >= 0.3 is 7.82 Å². The molecule has 9 heteroatoms. The highest BCUT2D eigenvalue weighted by Crippen LogP contribution is 2.46. The molecule has 0 aromatic heterocycles. The van der Waals surface area contributed by atoms with Crippen LogP contribution in [0.5, 0.6) is 0 Å².